The van der Waals surface area contributed by atoms with Gasteiger partial charge >= 0.3 is 0 Å². The first-order chi connectivity index (χ1) is 14.9. The van der Waals surface area contributed by atoms with Crippen molar-refractivity contribution in [2.45, 2.75) is 45.1 Å². The third-order valence-electron chi connectivity index (χ3n) is 5.36. The van der Waals surface area contributed by atoms with Crippen LogP contribution in [0.25, 0.3) is 0 Å². The molecular formula is C24H29N3O4. The molecule has 1 amide bonds. The summed E-state index contributed by atoms with van der Waals surface area (Å²) in [7, 11) is 0. The molecule has 7 nitrogen and oxygen atoms in total. The van der Waals surface area contributed by atoms with E-state index < -0.39 is 0 Å². The zero-order chi connectivity index (χ0) is 21.8. The quantitative estimate of drug-likeness (QED) is 0.572. The number of benzene rings is 2. The highest BCUT2D eigenvalue weighted by Gasteiger charge is 2.18. The number of fused-ring (bicyclic) bond motifs is 1. The number of rotatable bonds is 4. The number of guanidine groups is 1. The van der Waals surface area contributed by atoms with Crippen molar-refractivity contribution in [3.63, 3.8) is 0 Å². The van der Waals surface area contributed by atoms with Crippen LogP contribution in [0.5, 0.6) is 11.5 Å². The van der Waals surface area contributed by atoms with Crippen LogP contribution in [0.1, 0.15) is 49.5 Å². The summed E-state index contributed by atoms with van der Waals surface area (Å²) in [6, 6.07) is 13.2. The number of carbonyl (C=O) groups excluding carboxylic acids is 1. The van der Waals surface area contributed by atoms with Crippen LogP contribution >= 0.6 is 0 Å². The van der Waals surface area contributed by atoms with Gasteiger partial charge < -0.3 is 19.5 Å². The summed E-state index contributed by atoms with van der Waals surface area (Å²) in [4.78, 5) is 17.5. The first-order valence-corrected chi connectivity index (χ1v) is 10.6. The lowest BCUT2D eigenvalue weighted by molar-refractivity contribution is 0.0975. The van der Waals surface area contributed by atoms with E-state index in [0.717, 1.165) is 25.1 Å². The molecule has 2 aliphatic heterocycles. The Bertz CT molecular complexity index is 958. The summed E-state index contributed by atoms with van der Waals surface area (Å²) in [5.41, 5.74) is 2.53. The number of carbonyl (C=O) groups is 1. The lowest BCUT2D eigenvalue weighted by Crippen LogP contribution is -2.36. The van der Waals surface area contributed by atoms with Crippen LogP contribution in [0.2, 0.25) is 0 Å². The summed E-state index contributed by atoms with van der Waals surface area (Å²) in [6.07, 6.45) is 2.09. The Morgan fingerprint density at radius 1 is 1.10 bits per heavy atom. The first kappa shape index (κ1) is 21.2. The van der Waals surface area contributed by atoms with E-state index in [0.29, 0.717) is 29.6 Å². The third kappa shape index (κ3) is 5.35. The minimum Gasteiger partial charge on any atom is -0.454 e. The molecule has 31 heavy (non-hydrogen) atoms. The lowest BCUT2D eigenvalue weighted by atomic mass is 9.87. The highest BCUT2D eigenvalue weighted by molar-refractivity contribution is 6.10. The second kappa shape index (κ2) is 8.98. The first-order valence-electron chi connectivity index (χ1n) is 10.6. The molecule has 0 saturated carbocycles. The number of ether oxygens (including phenoxy) is 3. The zero-order valence-corrected chi connectivity index (χ0v) is 18.2. The molecule has 164 valence electrons. The summed E-state index contributed by atoms with van der Waals surface area (Å²) >= 11 is 0. The Labute approximate surface area is 182 Å². The predicted octanol–water partition coefficient (Wildman–Crippen LogP) is 4.09. The monoisotopic (exact) mass is 423 g/mol. The molecule has 0 unspecified atom stereocenters. The molecule has 2 N–H and O–H groups in total. The fourth-order valence-electron chi connectivity index (χ4n) is 3.50. The molecule has 2 heterocycles. The van der Waals surface area contributed by atoms with Crippen LogP contribution in [-0.4, -0.2) is 37.9 Å². The van der Waals surface area contributed by atoms with Crippen molar-refractivity contribution in [3.8, 4) is 11.5 Å². The van der Waals surface area contributed by atoms with Crippen molar-refractivity contribution in [3.05, 3.63) is 53.6 Å². The molecule has 1 atom stereocenters. The molecule has 0 spiro atoms. The summed E-state index contributed by atoms with van der Waals surface area (Å²) in [6.45, 7) is 7.89. The van der Waals surface area contributed by atoms with Crippen molar-refractivity contribution in [2.75, 3.05) is 25.3 Å². The maximum atomic E-state index is 12.9. The van der Waals surface area contributed by atoms with Gasteiger partial charge in [-0.3, -0.25) is 10.1 Å². The number of aliphatic imine (C=N–C) groups is 1. The van der Waals surface area contributed by atoms with Crippen LogP contribution in [-0.2, 0) is 10.2 Å². The second-order valence-electron chi connectivity index (χ2n) is 8.80. The van der Waals surface area contributed by atoms with Crippen LogP contribution in [0.4, 0.5) is 5.69 Å². The average Bonchev–Trinajstić information content (AvgIpc) is 3.43. The molecule has 2 aliphatic rings. The Kier molecular flexibility index (Phi) is 6.13. The van der Waals surface area contributed by atoms with E-state index in [4.69, 9.17) is 14.2 Å². The predicted molar refractivity (Wildman–Crippen MR) is 120 cm³/mol. The maximum absolute atomic E-state index is 12.9. The topological polar surface area (TPSA) is 81.2 Å². The number of nitrogens with zero attached hydrogens (tertiary/aromatic N) is 1. The van der Waals surface area contributed by atoms with E-state index in [2.05, 4.69) is 36.4 Å². The maximum Gasteiger partial charge on any atom is 0.257 e. The summed E-state index contributed by atoms with van der Waals surface area (Å²) < 4.78 is 16.5. The molecule has 4 rings (SSSR count). The summed E-state index contributed by atoms with van der Waals surface area (Å²) in [5, 5.41) is 6.10. The Morgan fingerprint density at radius 3 is 2.58 bits per heavy atom. The van der Waals surface area contributed by atoms with Gasteiger partial charge in [-0.05, 0) is 48.1 Å². The van der Waals surface area contributed by atoms with Crippen molar-refractivity contribution < 1.29 is 19.0 Å². The second-order valence-corrected chi connectivity index (χ2v) is 8.80. The molecule has 1 saturated heterocycles. The third-order valence-corrected chi connectivity index (χ3v) is 5.36. The van der Waals surface area contributed by atoms with E-state index in [-0.39, 0.29) is 24.2 Å². The van der Waals surface area contributed by atoms with Gasteiger partial charge in [0.1, 0.15) is 0 Å². The minimum atomic E-state index is -0.222. The number of amides is 1. The molecule has 7 heteroatoms. The number of nitrogens with one attached hydrogen (secondary N) is 2. The van der Waals surface area contributed by atoms with Crippen LogP contribution in [0.3, 0.4) is 0 Å². The van der Waals surface area contributed by atoms with Gasteiger partial charge in [0.25, 0.3) is 5.91 Å². The van der Waals surface area contributed by atoms with Crippen molar-refractivity contribution in [1.82, 2.24) is 5.32 Å². The fourth-order valence-corrected chi connectivity index (χ4v) is 3.50. The molecular weight excluding hydrogens is 394 g/mol. The van der Waals surface area contributed by atoms with Crippen LogP contribution in [0.15, 0.2) is 47.5 Å². The fraction of sp³-hybridized carbons (Fsp3) is 0.417. The van der Waals surface area contributed by atoms with Crippen LogP contribution in [0, 0.1) is 0 Å². The normalized spacial score (nSPS) is 18.2. The minimum absolute atomic E-state index is 0.0316. The van der Waals surface area contributed by atoms with Gasteiger partial charge in [0, 0.05) is 23.9 Å². The van der Waals surface area contributed by atoms with Gasteiger partial charge in [0.2, 0.25) is 12.8 Å². The van der Waals surface area contributed by atoms with E-state index >= 15 is 0 Å². The Hall–Kier alpha value is -3.06. The molecule has 0 bridgehead atoms. The number of hydrogen-bond acceptors (Lipinski definition) is 5. The molecule has 0 radical (unpaired) electrons. The highest BCUT2D eigenvalue weighted by Crippen LogP contribution is 2.34. The molecule has 0 aliphatic carbocycles. The largest absolute Gasteiger partial charge is 0.454 e. The highest BCUT2D eigenvalue weighted by atomic mass is 16.7. The van der Waals surface area contributed by atoms with Crippen molar-refractivity contribution in [2.24, 2.45) is 4.99 Å². The number of anilines is 1. The zero-order valence-electron chi connectivity index (χ0n) is 18.2. The lowest BCUT2D eigenvalue weighted by Gasteiger charge is -2.19. The smallest absolute Gasteiger partial charge is 0.257 e. The molecule has 1 fully saturated rings. The van der Waals surface area contributed by atoms with Crippen molar-refractivity contribution >= 4 is 17.6 Å². The molecule has 2 aromatic carbocycles. The van der Waals surface area contributed by atoms with E-state index in [1.165, 1.54) is 5.56 Å². The standard InChI is InChI=1S/C24H29N3O4/c1-24(2,3)17-8-6-16(7-9-17)22(28)27-23(25-14-19-5-4-12-29-19)26-18-10-11-20-21(13-18)31-15-30-20/h6-11,13,19H,4-5,12,14-15H2,1-3H3,(H2,25,26,27,28)/t19-/m1/s1. The average molecular weight is 424 g/mol. The van der Waals surface area contributed by atoms with Gasteiger partial charge in [0.05, 0.1) is 12.6 Å². The molecule has 2 aromatic rings. The van der Waals surface area contributed by atoms with Gasteiger partial charge in [-0.25, -0.2) is 4.99 Å². The number of hydrogen-bond donors (Lipinski definition) is 2. The van der Waals surface area contributed by atoms with Gasteiger partial charge in [-0.15, -0.1) is 0 Å². The van der Waals surface area contributed by atoms with Crippen molar-refractivity contribution in [1.29, 1.82) is 0 Å². The van der Waals surface area contributed by atoms with Crippen LogP contribution < -0.4 is 20.1 Å². The van der Waals surface area contributed by atoms with E-state index in [1.54, 1.807) is 0 Å². The van der Waals surface area contributed by atoms with Gasteiger partial charge in [-0.2, -0.15) is 0 Å². The van der Waals surface area contributed by atoms with Gasteiger partial charge in [-0.1, -0.05) is 32.9 Å². The van der Waals surface area contributed by atoms with E-state index in [9.17, 15) is 4.79 Å². The SMILES string of the molecule is CC(C)(C)c1ccc(C(=O)NC(=NC[C@H]2CCCO2)Nc2ccc3c(c2)OCO3)cc1. The summed E-state index contributed by atoms with van der Waals surface area (Å²) in [5.74, 6) is 1.51. The van der Waals surface area contributed by atoms with E-state index in [1.807, 2.05) is 42.5 Å². The Balaban J connectivity index is 1.49. The Morgan fingerprint density at radius 2 is 1.87 bits per heavy atom. The van der Waals surface area contributed by atoms with Gasteiger partial charge in [0.15, 0.2) is 11.5 Å². The molecule has 0 aromatic heterocycles.